The minimum Gasteiger partial charge on any atom is -0.350 e. The van der Waals surface area contributed by atoms with Gasteiger partial charge in [-0.1, -0.05) is 60.2 Å². The number of amides is 2. The van der Waals surface area contributed by atoms with E-state index in [0.717, 1.165) is 27.6 Å². The molecule has 45 heavy (non-hydrogen) atoms. The molecule has 0 bridgehead atoms. The Bertz CT molecular complexity index is 1710. The number of benzene rings is 4. The summed E-state index contributed by atoms with van der Waals surface area (Å²) in [7, 11) is -4.31. The fourth-order valence-electron chi connectivity index (χ4n) is 4.77. The summed E-state index contributed by atoms with van der Waals surface area (Å²) in [6, 6.07) is 24.6. The number of carbonyl (C=O) groups excluding carboxylic acids is 2. The molecule has 4 rings (SSSR count). The Kier molecular flexibility index (Phi) is 10.4. The molecule has 0 saturated heterocycles. The third kappa shape index (κ3) is 8.98. The molecule has 236 valence electrons. The van der Waals surface area contributed by atoms with Gasteiger partial charge in [0.1, 0.15) is 24.2 Å². The second-order valence-corrected chi connectivity index (χ2v) is 13.8. The number of sulfonamides is 1. The third-order valence-electron chi connectivity index (χ3n) is 7.04. The van der Waals surface area contributed by atoms with Gasteiger partial charge in [-0.3, -0.25) is 13.9 Å². The number of hydrogen-bond acceptors (Lipinski definition) is 4. The number of carbonyl (C=O) groups is 2. The molecule has 0 aliphatic carbocycles. The molecule has 4 aromatic rings. The van der Waals surface area contributed by atoms with Gasteiger partial charge in [-0.15, -0.1) is 0 Å². The Morgan fingerprint density at radius 1 is 0.778 bits per heavy atom. The maximum Gasteiger partial charge on any atom is 0.264 e. The van der Waals surface area contributed by atoms with Crippen LogP contribution in [0, 0.1) is 18.6 Å². The molecule has 0 aromatic heterocycles. The van der Waals surface area contributed by atoms with Crippen LogP contribution >= 0.6 is 0 Å². The van der Waals surface area contributed by atoms with Crippen LogP contribution in [0.25, 0.3) is 0 Å². The van der Waals surface area contributed by atoms with E-state index in [9.17, 15) is 26.8 Å². The van der Waals surface area contributed by atoms with E-state index < -0.39 is 51.6 Å². The van der Waals surface area contributed by atoms with Crippen molar-refractivity contribution in [1.82, 2.24) is 10.2 Å². The molecule has 1 atom stereocenters. The maximum atomic E-state index is 14.4. The van der Waals surface area contributed by atoms with Crippen molar-refractivity contribution in [2.75, 3.05) is 10.8 Å². The van der Waals surface area contributed by atoms with Gasteiger partial charge in [0.2, 0.25) is 11.8 Å². The highest BCUT2D eigenvalue weighted by molar-refractivity contribution is 7.92. The van der Waals surface area contributed by atoms with Gasteiger partial charge in [0, 0.05) is 18.5 Å². The van der Waals surface area contributed by atoms with Gasteiger partial charge >= 0.3 is 0 Å². The lowest BCUT2D eigenvalue weighted by Crippen LogP contribution is -2.56. The Morgan fingerprint density at radius 3 is 1.89 bits per heavy atom. The summed E-state index contributed by atoms with van der Waals surface area (Å²) in [5.41, 5.74) is 1.61. The molecule has 0 saturated carbocycles. The lowest BCUT2D eigenvalue weighted by Gasteiger charge is -2.35. The number of hydrogen-bond donors (Lipinski definition) is 1. The van der Waals surface area contributed by atoms with Crippen molar-refractivity contribution in [2.45, 2.75) is 57.1 Å². The van der Waals surface area contributed by atoms with Crippen LogP contribution in [0.5, 0.6) is 0 Å². The lowest BCUT2D eigenvalue weighted by atomic mass is 10.0. The van der Waals surface area contributed by atoms with Crippen molar-refractivity contribution < 1.29 is 26.8 Å². The fourth-order valence-corrected chi connectivity index (χ4v) is 6.18. The average Bonchev–Trinajstić information content (AvgIpc) is 2.99. The average molecular weight is 634 g/mol. The fraction of sp³-hybridized carbons (Fsp3) is 0.257. The third-order valence-corrected chi connectivity index (χ3v) is 8.83. The number of nitrogens with one attached hydrogen (secondary N) is 1. The SMILES string of the molecule is Cc1ccc(S(=O)(=O)N(CC(=O)N(Cc2ccc(F)cc2)[C@H](Cc2ccccc2)C(=O)NC(C)(C)C)c2ccc(F)cc2)cc1. The first-order valence-corrected chi connectivity index (χ1v) is 15.9. The number of anilines is 1. The topological polar surface area (TPSA) is 86.8 Å². The van der Waals surface area contributed by atoms with E-state index in [1.54, 1.807) is 12.1 Å². The molecule has 1 N–H and O–H groups in total. The van der Waals surface area contributed by atoms with Crippen molar-refractivity contribution in [3.63, 3.8) is 0 Å². The minimum atomic E-state index is -4.31. The first kappa shape index (κ1) is 33.3. The molecule has 7 nitrogen and oxygen atoms in total. The van der Waals surface area contributed by atoms with Gasteiger partial charge in [-0.25, -0.2) is 17.2 Å². The molecule has 10 heteroatoms. The van der Waals surface area contributed by atoms with Crippen LogP contribution < -0.4 is 9.62 Å². The molecule has 0 heterocycles. The molecule has 0 spiro atoms. The smallest absolute Gasteiger partial charge is 0.264 e. The van der Waals surface area contributed by atoms with Crippen LogP contribution in [0.2, 0.25) is 0 Å². The van der Waals surface area contributed by atoms with Crippen LogP contribution in [0.3, 0.4) is 0 Å². The predicted molar refractivity (Wildman–Crippen MR) is 171 cm³/mol. The summed E-state index contributed by atoms with van der Waals surface area (Å²) in [6.07, 6.45) is 0.136. The summed E-state index contributed by atoms with van der Waals surface area (Å²) in [4.78, 5) is 29.5. The minimum absolute atomic E-state index is 0.0541. The van der Waals surface area contributed by atoms with Crippen molar-refractivity contribution in [2.24, 2.45) is 0 Å². The van der Waals surface area contributed by atoms with Gasteiger partial charge < -0.3 is 10.2 Å². The number of aryl methyl sites for hydroxylation is 1. The largest absolute Gasteiger partial charge is 0.350 e. The molecule has 4 aromatic carbocycles. The van der Waals surface area contributed by atoms with Crippen molar-refractivity contribution in [3.8, 4) is 0 Å². The highest BCUT2D eigenvalue weighted by Crippen LogP contribution is 2.26. The van der Waals surface area contributed by atoms with Crippen LogP contribution in [0.15, 0.2) is 108 Å². The van der Waals surface area contributed by atoms with Crippen LogP contribution in [-0.2, 0) is 32.6 Å². The Morgan fingerprint density at radius 2 is 1.33 bits per heavy atom. The standard InChI is InChI=1S/C35H37F2N3O4S/c1-25-10-20-31(21-11-25)45(43,44)40(30-18-16-29(37)17-19-30)24-33(41)39(23-27-12-14-28(36)15-13-27)32(34(42)38-35(2,3)4)22-26-8-6-5-7-9-26/h5-21,32H,22-24H2,1-4H3,(H,38,42)/t32-/m1/s1. The van der Waals surface area contributed by atoms with Crippen LogP contribution in [-0.4, -0.2) is 43.3 Å². The van der Waals surface area contributed by atoms with E-state index in [4.69, 9.17) is 0 Å². The predicted octanol–water partition coefficient (Wildman–Crippen LogP) is 6.02. The first-order chi connectivity index (χ1) is 21.2. The molecule has 0 aliphatic rings. The van der Waals surface area contributed by atoms with E-state index in [1.165, 1.54) is 53.4 Å². The molecule has 0 aliphatic heterocycles. The Labute approximate surface area is 263 Å². The molecular formula is C35H37F2N3O4S. The van der Waals surface area contributed by atoms with E-state index in [0.29, 0.717) is 5.56 Å². The summed E-state index contributed by atoms with van der Waals surface area (Å²) in [5.74, 6) is -2.15. The molecule has 0 unspecified atom stereocenters. The molecular weight excluding hydrogens is 596 g/mol. The summed E-state index contributed by atoms with van der Waals surface area (Å²) in [5, 5.41) is 2.96. The maximum absolute atomic E-state index is 14.4. The summed E-state index contributed by atoms with van der Waals surface area (Å²) < 4.78 is 56.6. The van der Waals surface area contributed by atoms with Crippen molar-refractivity contribution in [3.05, 3.63) is 131 Å². The van der Waals surface area contributed by atoms with Crippen molar-refractivity contribution in [1.29, 1.82) is 0 Å². The van der Waals surface area contributed by atoms with Crippen molar-refractivity contribution >= 4 is 27.5 Å². The van der Waals surface area contributed by atoms with Gasteiger partial charge in [0.05, 0.1) is 10.6 Å². The molecule has 2 amide bonds. The second-order valence-electron chi connectivity index (χ2n) is 11.9. The van der Waals surface area contributed by atoms with E-state index in [-0.39, 0.29) is 23.5 Å². The quantitative estimate of drug-likeness (QED) is 0.219. The number of rotatable bonds is 11. The highest BCUT2D eigenvalue weighted by Gasteiger charge is 2.35. The molecule has 0 radical (unpaired) electrons. The summed E-state index contributed by atoms with van der Waals surface area (Å²) >= 11 is 0. The second kappa shape index (κ2) is 14.0. The van der Waals surface area contributed by atoms with E-state index >= 15 is 0 Å². The molecule has 0 fully saturated rings. The van der Waals surface area contributed by atoms with Gasteiger partial charge in [0.25, 0.3) is 10.0 Å². The summed E-state index contributed by atoms with van der Waals surface area (Å²) in [6.45, 7) is 6.50. The first-order valence-electron chi connectivity index (χ1n) is 14.5. The van der Waals surface area contributed by atoms with Crippen LogP contribution in [0.1, 0.15) is 37.5 Å². The Balaban J connectivity index is 1.81. The normalized spacial score (nSPS) is 12.3. The zero-order chi connectivity index (χ0) is 32.8. The van der Waals surface area contributed by atoms with E-state index in [1.807, 2.05) is 58.0 Å². The monoisotopic (exact) mass is 633 g/mol. The lowest BCUT2D eigenvalue weighted by molar-refractivity contribution is -0.140. The number of nitrogens with zero attached hydrogens (tertiary/aromatic N) is 2. The number of halogens is 2. The van der Waals surface area contributed by atoms with Crippen LogP contribution in [0.4, 0.5) is 14.5 Å². The van der Waals surface area contributed by atoms with Gasteiger partial charge in [-0.05, 0) is 87.4 Å². The van der Waals surface area contributed by atoms with Gasteiger partial charge in [-0.2, -0.15) is 0 Å². The zero-order valence-electron chi connectivity index (χ0n) is 25.7. The Hall–Kier alpha value is -4.57. The highest BCUT2D eigenvalue weighted by atomic mass is 32.2. The zero-order valence-corrected chi connectivity index (χ0v) is 26.5. The van der Waals surface area contributed by atoms with E-state index in [2.05, 4.69) is 5.32 Å². The van der Waals surface area contributed by atoms with Gasteiger partial charge in [0.15, 0.2) is 0 Å².